The zero-order chi connectivity index (χ0) is 12.9. The molecule has 0 radical (unpaired) electrons. The Morgan fingerprint density at radius 3 is 2.71 bits per heavy atom. The van der Waals surface area contributed by atoms with E-state index in [1.54, 1.807) is 0 Å². The van der Waals surface area contributed by atoms with Crippen LogP contribution in [0.15, 0.2) is 0 Å². The van der Waals surface area contributed by atoms with Crippen molar-refractivity contribution in [1.82, 2.24) is 4.90 Å². The van der Waals surface area contributed by atoms with E-state index in [0.717, 1.165) is 25.9 Å². The van der Waals surface area contributed by atoms with E-state index in [1.807, 2.05) is 0 Å². The van der Waals surface area contributed by atoms with Gasteiger partial charge in [0.2, 0.25) is 0 Å². The Balaban J connectivity index is 2.16. The number of hydrogen-bond donors (Lipinski definition) is 1. The van der Waals surface area contributed by atoms with E-state index in [2.05, 4.69) is 16.6 Å². The minimum Gasteiger partial charge on any atom is -0.371 e. The quantitative estimate of drug-likeness (QED) is 0.758. The number of piperidine rings is 1. The fraction of sp³-hybridized carbons (Fsp3) is 1.00. The maximum absolute atomic E-state index is 11.8. The molecule has 6 heteroatoms. The highest BCUT2D eigenvalue weighted by Crippen LogP contribution is 2.18. The Morgan fingerprint density at radius 1 is 1.41 bits per heavy atom. The fourth-order valence-electron chi connectivity index (χ4n) is 2.14. The second-order valence-electron chi connectivity index (χ2n) is 4.59. The van der Waals surface area contributed by atoms with Gasteiger partial charge in [0.15, 0.2) is 0 Å². The van der Waals surface area contributed by atoms with Gasteiger partial charge in [0.05, 0.1) is 6.61 Å². The van der Waals surface area contributed by atoms with E-state index in [4.69, 9.17) is 5.73 Å². The molecule has 1 heterocycles. The van der Waals surface area contributed by atoms with E-state index in [-0.39, 0.29) is 12.6 Å². The van der Waals surface area contributed by atoms with Gasteiger partial charge in [-0.05, 0) is 18.9 Å². The third-order valence-corrected chi connectivity index (χ3v) is 3.22. The first-order valence-electron chi connectivity index (χ1n) is 6.05. The molecular formula is C11H21F3N2O. The molecule has 3 nitrogen and oxygen atoms in total. The molecule has 1 saturated heterocycles. The maximum Gasteiger partial charge on any atom is 0.411 e. The van der Waals surface area contributed by atoms with Crippen LogP contribution < -0.4 is 5.73 Å². The van der Waals surface area contributed by atoms with Gasteiger partial charge >= 0.3 is 6.18 Å². The van der Waals surface area contributed by atoms with Crippen molar-refractivity contribution in [2.75, 3.05) is 32.8 Å². The number of nitrogens with two attached hydrogens (primary N) is 1. The van der Waals surface area contributed by atoms with Crippen LogP contribution in [0.4, 0.5) is 13.2 Å². The standard InChI is InChI=1S/C11H21F3N2O/c1-2-9-7-16(4-3-10(9)15)5-6-17-8-11(12,13)14/h9-10H,2-8,15H2,1H3. The number of rotatable bonds is 5. The lowest BCUT2D eigenvalue weighted by Crippen LogP contribution is -2.47. The summed E-state index contributed by atoms with van der Waals surface area (Å²) in [7, 11) is 0. The Bertz CT molecular complexity index is 223. The minimum atomic E-state index is -4.23. The van der Waals surface area contributed by atoms with Gasteiger partial charge in [-0.15, -0.1) is 0 Å². The molecule has 0 bridgehead atoms. The molecule has 0 aliphatic carbocycles. The number of alkyl halides is 3. The summed E-state index contributed by atoms with van der Waals surface area (Å²) in [5.74, 6) is 0.450. The minimum absolute atomic E-state index is 0.130. The summed E-state index contributed by atoms with van der Waals surface area (Å²) in [6.07, 6.45) is -2.30. The number of hydrogen-bond acceptors (Lipinski definition) is 3. The predicted molar refractivity (Wildman–Crippen MR) is 59.7 cm³/mol. The highest BCUT2D eigenvalue weighted by molar-refractivity contribution is 4.81. The van der Waals surface area contributed by atoms with Crippen molar-refractivity contribution >= 4 is 0 Å². The van der Waals surface area contributed by atoms with Crippen molar-refractivity contribution in [2.45, 2.75) is 32.0 Å². The normalized spacial score (nSPS) is 27.4. The molecule has 2 N–H and O–H groups in total. The van der Waals surface area contributed by atoms with Crippen molar-refractivity contribution < 1.29 is 17.9 Å². The van der Waals surface area contributed by atoms with Crippen LogP contribution in [0, 0.1) is 5.92 Å². The van der Waals surface area contributed by atoms with E-state index in [0.29, 0.717) is 12.5 Å². The molecule has 0 aromatic heterocycles. The van der Waals surface area contributed by atoms with Crippen molar-refractivity contribution in [3.8, 4) is 0 Å². The zero-order valence-electron chi connectivity index (χ0n) is 10.2. The Kier molecular flexibility index (Phi) is 5.69. The molecule has 0 saturated carbocycles. The molecule has 102 valence electrons. The highest BCUT2D eigenvalue weighted by atomic mass is 19.4. The summed E-state index contributed by atoms with van der Waals surface area (Å²) in [4.78, 5) is 2.13. The van der Waals surface area contributed by atoms with Gasteiger partial charge in [-0.1, -0.05) is 13.3 Å². The molecule has 1 aliphatic rings. The first kappa shape index (κ1) is 14.7. The first-order chi connectivity index (χ1) is 7.92. The summed E-state index contributed by atoms with van der Waals surface area (Å²) < 4.78 is 40.1. The first-order valence-corrected chi connectivity index (χ1v) is 6.05. The third-order valence-electron chi connectivity index (χ3n) is 3.22. The van der Waals surface area contributed by atoms with Crippen LogP contribution in [0.2, 0.25) is 0 Å². The fourth-order valence-corrected chi connectivity index (χ4v) is 2.14. The average Bonchev–Trinajstić information content (AvgIpc) is 2.25. The van der Waals surface area contributed by atoms with E-state index in [9.17, 15) is 13.2 Å². The molecule has 17 heavy (non-hydrogen) atoms. The van der Waals surface area contributed by atoms with Crippen LogP contribution in [0.3, 0.4) is 0 Å². The van der Waals surface area contributed by atoms with Gasteiger partial charge in [0.1, 0.15) is 6.61 Å². The van der Waals surface area contributed by atoms with Crippen molar-refractivity contribution in [3.63, 3.8) is 0 Å². The maximum atomic E-state index is 11.8. The van der Waals surface area contributed by atoms with Gasteiger partial charge in [-0.25, -0.2) is 0 Å². The van der Waals surface area contributed by atoms with Gasteiger partial charge < -0.3 is 15.4 Å². The number of nitrogens with zero attached hydrogens (tertiary/aromatic N) is 1. The summed E-state index contributed by atoms with van der Waals surface area (Å²) in [5, 5.41) is 0. The SMILES string of the molecule is CCC1CN(CCOCC(F)(F)F)CCC1N. The second kappa shape index (κ2) is 6.56. The Hall–Kier alpha value is -0.330. The monoisotopic (exact) mass is 254 g/mol. The summed E-state index contributed by atoms with van der Waals surface area (Å²) >= 11 is 0. The van der Waals surface area contributed by atoms with Crippen LogP contribution >= 0.6 is 0 Å². The van der Waals surface area contributed by atoms with Crippen LogP contribution in [0.5, 0.6) is 0 Å². The topological polar surface area (TPSA) is 38.5 Å². The van der Waals surface area contributed by atoms with E-state index in [1.165, 1.54) is 0 Å². The molecule has 0 aromatic carbocycles. The second-order valence-corrected chi connectivity index (χ2v) is 4.59. The van der Waals surface area contributed by atoms with Gasteiger partial charge in [0.25, 0.3) is 0 Å². The largest absolute Gasteiger partial charge is 0.411 e. The number of halogens is 3. The molecule has 0 spiro atoms. The highest BCUT2D eigenvalue weighted by Gasteiger charge is 2.28. The molecular weight excluding hydrogens is 233 g/mol. The van der Waals surface area contributed by atoms with Crippen LogP contribution in [0.25, 0.3) is 0 Å². The van der Waals surface area contributed by atoms with Crippen LogP contribution in [0.1, 0.15) is 19.8 Å². The number of likely N-dealkylation sites (tertiary alicyclic amines) is 1. The van der Waals surface area contributed by atoms with Gasteiger partial charge in [-0.2, -0.15) is 13.2 Å². The molecule has 2 atom stereocenters. The van der Waals surface area contributed by atoms with Crippen molar-refractivity contribution in [1.29, 1.82) is 0 Å². The van der Waals surface area contributed by atoms with E-state index < -0.39 is 12.8 Å². The summed E-state index contributed by atoms with van der Waals surface area (Å²) in [6, 6.07) is 0.229. The molecule has 2 unspecified atom stereocenters. The average molecular weight is 254 g/mol. The lowest BCUT2D eigenvalue weighted by atomic mass is 9.91. The van der Waals surface area contributed by atoms with Crippen molar-refractivity contribution in [3.05, 3.63) is 0 Å². The molecule has 1 aliphatic heterocycles. The van der Waals surface area contributed by atoms with Crippen LogP contribution in [-0.4, -0.2) is 50.0 Å². The Labute approximate surface area is 100 Å². The lowest BCUT2D eigenvalue weighted by Gasteiger charge is -2.36. The molecule has 1 fully saturated rings. The smallest absolute Gasteiger partial charge is 0.371 e. The number of ether oxygens (including phenoxy) is 1. The lowest BCUT2D eigenvalue weighted by molar-refractivity contribution is -0.174. The predicted octanol–water partition coefficient (Wildman–Crippen LogP) is 1.62. The van der Waals surface area contributed by atoms with Gasteiger partial charge in [-0.3, -0.25) is 0 Å². The van der Waals surface area contributed by atoms with Crippen molar-refractivity contribution in [2.24, 2.45) is 11.7 Å². The molecule has 1 rings (SSSR count). The Morgan fingerprint density at radius 2 is 2.12 bits per heavy atom. The third kappa shape index (κ3) is 5.70. The van der Waals surface area contributed by atoms with Gasteiger partial charge in [0, 0.05) is 19.1 Å². The zero-order valence-corrected chi connectivity index (χ0v) is 10.2. The molecule has 0 aromatic rings. The summed E-state index contributed by atoms with van der Waals surface area (Å²) in [5.41, 5.74) is 5.96. The summed E-state index contributed by atoms with van der Waals surface area (Å²) in [6.45, 7) is 3.34. The van der Waals surface area contributed by atoms with Crippen LogP contribution in [-0.2, 0) is 4.74 Å². The molecule has 0 amide bonds. The van der Waals surface area contributed by atoms with E-state index >= 15 is 0 Å².